The number of methoxy groups -OCH3 is 1. The van der Waals surface area contributed by atoms with E-state index < -0.39 is 5.97 Å². The van der Waals surface area contributed by atoms with Crippen molar-refractivity contribution in [3.8, 4) is 28.4 Å². The molecule has 6 rings (SSSR count). The number of hydrogen-bond donors (Lipinski definition) is 2. The van der Waals surface area contributed by atoms with Crippen molar-refractivity contribution >= 4 is 63.4 Å². The van der Waals surface area contributed by atoms with Crippen LogP contribution in [-0.2, 0) is 9.53 Å². The van der Waals surface area contributed by atoms with Crippen LogP contribution < -0.4 is 19.9 Å². The number of carbonyl (C=O) groups excluding carboxylic acids is 1. The van der Waals surface area contributed by atoms with Crippen molar-refractivity contribution in [1.29, 1.82) is 0 Å². The van der Waals surface area contributed by atoms with Crippen LogP contribution in [-0.4, -0.2) is 95.8 Å². The predicted molar refractivity (Wildman–Crippen MR) is 187 cm³/mol. The number of thiocarbonyl (C=S) groups is 1. The molecule has 2 saturated heterocycles. The van der Waals surface area contributed by atoms with E-state index in [0.29, 0.717) is 57.1 Å². The smallest absolute Gasteiger partial charge is 0.335 e. The average molecular weight is 691 g/mol. The largest absolute Gasteiger partial charge is 0.493 e. The summed E-state index contributed by atoms with van der Waals surface area (Å²) in [6.07, 6.45) is 2.33. The van der Waals surface area contributed by atoms with Crippen molar-refractivity contribution in [3.63, 3.8) is 0 Å². The first-order chi connectivity index (χ1) is 23.3. The zero-order valence-corrected chi connectivity index (χ0v) is 27.8. The number of aromatic carboxylic acids is 1. The van der Waals surface area contributed by atoms with Gasteiger partial charge in [0.25, 0.3) is 11.9 Å². The number of morpholine rings is 1. The van der Waals surface area contributed by atoms with E-state index in [9.17, 15) is 14.7 Å². The van der Waals surface area contributed by atoms with Crippen molar-refractivity contribution in [2.24, 2.45) is 0 Å². The molecule has 3 N–H and O–H groups in total. The molecule has 48 heavy (non-hydrogen) atoms. The van der Waals surface area contributed by atoms with Crippen LogP contribution in [0.1, 0.15) is 22.3 Å². The van der Waals surface area contributed by atoms with Gasteiger partial charge < -0.3 is 34.2 Å². The minimum atomic E-state index is -1.05. The van der Waals surface area contributed by atoms with Crippen molar-refractivity contribution < 1.29 is 38.1 Å². The number of aromatic nitrogens is 1. The summed E-state index contributed by atoms with van der Waals surface area (Å²) < 4.78 is 28.8. The number of hydrogen-bond acceptors (Lipinski definition) is 12. The van der Waals surface area contributed by atoms with Gasteiger partial charge in [-0.3, -0.25) is 14.6 Å². The molecule has 0 aliphatic carbocycles. The number of rotatable bonds is 13. The number of benzene rings is 3. The number of carboxylic acids is 1. The summed E-state index contributed by atoms with van der Waals surface area (Å²) in [5.74, 6) is 0.212. The fraction of sp³-hybridized carbons (Fsp3) is 0.294. The van der Waals surface area contributed by atoms with Crippen LogP contribution in [0.2, 0.25) is 0 Å². The molecule has 0 unspecified atom stereocenters. The van der Waals surface area contributed by atoms with Gasteiger partial charge in [-0.15, -0.1) is 0 Å². The molecule has 4 aromatic rings. The molecule has 1 aromatic heterocycles. The van der Waals surface area contributed by atoms with Gasteiger partial charge in [0, 0.05) is 31.7 Å². The lowest BCUT2D eigenvalue weighted by Gasteiger charge is -2.26. The van der Waals surface area contributed by atoms with E-state index in [1.54, 1.807) is 11.0 Å². The van der Waals surface area contributed by atoms with Crippen LogP contribution in [0.25, 0.3) is 28.3 Å². The Hall–Kier alpha value is -4.63. The number of nitrogens with zero attached hydrogens (tertiary/aromatic N) is 3. The Morgan fingerprint density at radius 1 is 1.04 bits per heavy atom. The second kappa shape index (κ2) is 15.1. The number of nitrogen functional groups attached to an aromatic ring is 1. The molecular formula is C34H34N4O8S2. The number of carboxylic acid groups (broad SMARTS) is 1. The Kier molecular flexibility index (Phi) is 10.4. The molecule has 14 heteroatoms. The van der Waals surface area contributed by atoms with Gasteiger partial charge in [0.15, 0.2) is 17.1 Å². The number of carbonyl (C=O) groups is 2. The SMILES string of the molecule is COc1cc(C(=O)O)ccc1OCCCN1C(=O)/C(=C/c2ccc(OCCN3CCOCC3)c(-c3ccc4oc(N)nc4c3)c2)SC1=S. The predicted octanol–water partition coefficient (Wildman–Crippen LogP) is 5.17. The van der Waals surface area contributed by atoms with Crippen molar-refractivity contribution in [2.45, 2.75) is 6.42 Å². The third-order valence-electron chi connectivity index (χ3n) is 7.85. The molecule has 2 aliphatic heterocycles. The Balaban J connectivity index is 1.15. The van der Waals surface area contributed by atoms with Gasteiger partial charge >= 0.3 is 5.97 Å². The Morgan fingerprint density at radius 2 is 1.83 bits per heavy atom. The third-order valence-corrected chi connectivity index (χ3v) is 9.23. The summed E-state index contributed by atoms with van der Waals surface area (Å²) in [7, 11) is 1.45. The number of ether oxygens (including phenoxy) is 4. The van der Waals surface area contributed by atoms with E-state index in [4.69, 9.17) is 41.3 Å². The summed E-state index contributed by atoms with van der Waals surface area (Å²) in [6.45, 7) is 5.12. The summed E-state index contributed by atoms with van der Waals surface area (Å²) in [6, 6.07) is 16.0. The Labute approximate surface area is 286 Å². The molecule has 3 aromatic carbocycles. The second-order valence-corrected chi connectivity index (χ2v) is 12.7. The lowest BCUT2D eigenvalue weighted by molar-refractivity contribution is -0.122. The molecule has 3 heterocycles. The number of thioether (sulfide) groups is 1. The van der Waals surface area contributed by atoms with Crippen LogP contribution in [0, 0.1) is 0 Å². The molecule has 250 valence electrons. The molecule has 0 bridgehead atoms. The molecule has 1 amide bonds. The highest BCUT2D eigenvalue weighted by Gasteiger charge is 2.31. The van der Waals surface area contributed by atoms with Crippen LogP contribution in [0.4, 0.5) is 6.01 Å². The van der Waals surface area contributed by atoms with Crippen molar-refractivity contribution in [1.82, 2.24) is 14.8 Å². The molecule has 0 saturated carbocycles. The van der Waals surface area contributed by atoms with Gasteiger partial charge in [-0.05, 0) is 66.1 Å². The third kappa shape index (κ3) is 7.73. The van der Waals surface area contributed by atoms with Gasteiger partial charge in [-0.1, -0.05) is 36.1 Å². The number of anilines is 1. The highest BCUT2D eigenvalue weighted by Crippen LogP contribution is 2.37. The van der Waals surface area contributed by atoms with Crippen LogP contribution in [0.15, 0.2) is 63.9 Å². The molecule has 0 atom stereocenters. The highest BCUT2D eigenvalue weighted by molar-refractivity contribution is 8.26. The number of nitrogens with two attached hydrogens (primary N) is 1. The first-order valence-electron chi connectivity index (χ1n) is 15.3. The van der Waals surface area contributed by atoms with E-state index in [1.807, 2.05) is 42.5 Å². The topological polar surface area (TPSA) is 150 Å². The van der Waals surface area contributed by atoms with Gasteiger partial charge in [0.2, 0.25) is 0 Å². The lowest BCUT2D eigenvalue weighted by atomic mass is 10.0. The fourth-order valence-electron chi connectivity index (χ4n) is 5.38. The molecule has 12 nitrogen and oxygen atoms in total. The molecule has 0 radical (unpaired) electrons. The maximum atomic E-state index is 13.4. The van der Waals surface area contributed by atoms with E-state index >= 15 is 0 Å². The normalized spacial score (nSPS) is 16.2. The fourth-order valence-corrected chi connectivity index (χ4v) is 6.69. The second-order valence-electron chi connectivity index (χ2n) is 11.0. The van der Waals surface area contributed by atoms with Crippen LogP contribution >= 0.6 is 24.0 Å². The number of amides is 1. The van der Waals surface area contributed by atoms with E-state index in [-0.39, 0.29) is 24.1 Å². The summed E-state index contributed by atoms with van der Waals surface area (Å²) in [5.41, 5.74) is 9.63. The standard InChI is InChI=1S/C34H34N4O8S2/c1-42-29-20-23(32(40)41)5-8-28(29)44-13-2-9-38-31(39)30(48-34(38)47)18-21-3-6-26(45-16-12-37-10-14-43-15-11-37)24(17-21)22-4-7-27-25(19-22)36-33(35)46-27/h3-8,17-20H,2,9-16H2,1H3,(H2,35,36)(H,40,41)/b30-18-. The van der Waals surface area contributed by atoms with Crippen molar-refractivity contribution in [3.05, 3.63) is 70.6 Å². The summed E-state index contributed by atoms with van der Waals surface area (Å²) in [4.78, 5) is 33.3. The van der Waals surface area contributed by atoms with E-state index in [2.05, 4.69) is 9.88 Å². The number of oxazole rings is 1. The van der Waals surface area contributed by atoms with Crippen LogP contribution in [0.5, 0.6) is 17.2 Å². The summed E-state index contributed by atoms with van der Waals surface area (Å²) >= 11 is 6.81. The average Bonchev–Trinajstić information content (AvgIpc) is 3.59. The van der Waals surface area contributed by atoms with E-state index in [1.165, 1.54) is 31.0 Å². The minimum Gasteiger partial charge on any atom is -0.493 e. The molecule has 2 aliphatic rings. The Morgan fingerprint density at radius 3 is 2.62 bits per heavy atom. The Bertz CT molecular complexity index is 1870. The maximum Gasteiger partial charge on any atom is 0.335 e. The minimum absolute atomic E-state index is 0.0978. The van der Waals surface area contributed by atoms with Crippen LogP contribution in [0.3, 0.4) is 0 Å². The van der Waals surface area contributed by atoms with Gasteiger partial charge in [-0.2, -0.15) is 4.98 Å². The maximum absolute atomic E-state index is 13.4. The van der Waals surface area contributed by atoms with Crippen molar-refractivity contribution in [2.75, 3.05) is 65.5 Å². The number of fused-ring (bicyclic) bond motifs is 1. The quantitative estimate of drug-likeness (QED) is 0.108. The lowest BCUT2D eigenvalue weighted by Crippen LogP contribution is -2.38. The monoisotopic (exact) mass is 690 g/mol. The molecular weight excluding hydrogens is 657 g/mol. The highest BCUT2D eigenvalue weighted by atomic mass is 32.2. The van der Waals surface area contributed by atoms with Gasteiger partial charge in [0.05, 0.1) is 37.4 Å². The molecule has 0 spiro atoms. The first-order valence-corrected chi connectivity index (χ1v) is 16.5. The zero-order chi connectivity index (χ0) is 33.6. The van der Waals surface area contributed by atoms with Gasteiger partial charge in [-0.25, -0.2) is 4.79 Å². The first kappa shape index (κ1) is 33.3. The van der Waals surface area contributed by atoms with Gasteiger partial charge in [0.1, 0.15) is 22.2 Å². The zero-order valence-electron chi connectivity index (χ0n) is 26.2. The molecule has 2 fully saturated rings. The summed E-state index contributed by atoms with van der Waals surface area (Å²) in [5, 5.41) is 9.21. The van der Waals surface area contributed by atoms with E-state index in [0.717, 1.165) is 49.5 Å².